The minimum Gasteiger partial charge on any atom is -0.347 e. The van der Waals surface area contributed by atoms with Crippen LogP contribution in [0.3, 0.4) is 0 Å². The van der Waals surface area contributed by atoms with Crippen molar-refractivity contribution in [2.45, 2.75) is 31.6 Å². The highest BCUT2D eigenvalue weighted by atomic mass is 35.5. The lowest BCUT2D eigenvalue weighted by Gasteiger charge is -2.26. The second-order valence-electron chi connectivity index (χ2n) is 8.58. The number of benzene rings is 1. The quantitative estimate of drug-likeness (QED) is 0.333. The number of rotatable bonds is 6. The van der Waals surface area contributed by atoms with Gasteiger partial charge in [0.05, 0.1) is 23.7 Å². The Bertz CT molecular complexity index is 1740. The Morgan fingerprint density at radius 1 is 1.12 bits per heavy atom. The Kier molecular flexibility index (Phi) is 6.99. The smallest absolute Gasteiger partial charge is 0.347 e. The highest BCUT2D eigenvalue weighted by Gasteiger charge is 2.50. The molecule has 212 valence electrons. The minimum absolute atomic E-state index is 0.0784. The van der Waals surface area contributed by atoms with Crippen LogP contribution in [0.15, 0.2) is 36.5 Å². The van der Waals surface area contributed by atoms with Crippen molar-refractivity contribution < 1.29 is 39.6 Å². The van der Waals surface area contributed by atoms with Crippen LogP contribution < -0.4 is 5.32 Å². The van der Waals surface area contributed by atoms with Crippen LogP contribution in [0.4, 0.5) is 26.3 Å². The fraction of sp³-hybridized carbons (Fsp3) is 0.273. The molecule has 4 aromatic rings. The van der Waals surface area contributed by atoms with Crippen molar-refractivity contribution >= 4 is 33.2 Å². The number of carbonyl (C=O) groups is 1. The fourth-order valence-corrected chi connectivity index (χ4v) is 5.17. The molecule has 1 N–H and O–H groups in total. The summed E-state index contributed by atoms with van der Waals surface area (Å²) in [6.45, 7) is -1.68. The van der Waals surface area contributed by atoms with Crippen molar-refractivity contribution in [2.24, 2.45) is 0 Å². The first-order valence-electron chi connectivity index (χ1n) is 11.3. The molecular weight excluding hydrogens is 592 g/mol. The zero-order chi connectivity index (χ0) is 29.0. The molecule has 0 atom stereocenters. The number of aromatic nitrogens is 5. The summed E-state index contributed by atoms with van der Waals surface area (Å²) in [5, 5.41) is 6.68. The Morgan fingerprint density at radius 3 is 2.55 bits per heavy atom. The molecule has 40 heavy (non-hydrogen) atoms. The first kappa shape index (κ1) is 27.9. The maximum Gasteiger partial charge on any atom is 0.511 e. The number of carbonyl (C=O) groups excluding carboxylic acids is 1. The largest absolute Gasteiger partial charge is 0.511 e. The number of fused-ring (bicyclic) bond motifs is 2. The van der Waals surface area contributed by atoms with E-state index in [0.29, 0.717) is 0 Å². The number of nitrogens with zero attached hydrogens (tertiary/aromatic N) is 6. The third-order valence-corrected chi connectivity index (χ3v) is 7.82. The van der Waals surface area contributed by atoms with Crippen molar-refractivity contribution in [1.29, 1.82) is 0 Å². The lowest BCUT2D eigenvalue weighted by atomic mass is 10.1. The zero-order valence-corrected chi connectivity index (χ0v) is 21.4. The number of sulfonamides is 1. The number of amides is 1. The van der Waals surface area contributed by atoms with E-state index in [0.717, 1.165) is 10.5 Å². The molecule has 10 nitrogen and oxygen atoms in total. The molecule has 0 spiro atoms. The molecule has 0 saturated carbocycles. The van der Waals surface area contributed by atoms with E-state index in [4.69, 9.17) is 11.6 Å². The summed E-state index contributed by atoms with van der Waals surface area (Å²) in [6, 6.07) is 6.50. The van der Waals surface area contributed by atoms with Crippen LogP contribution >= 0.6 is 11.6 Å². The van der Waals surface area contributed by atoms with Gasteiger partial charge < -0.3 is 5.32 Å². The van der Waals surface area contributed by atoms with E-state index in [1.54, 1.807) is 0 Å². The normalized spacial score (nSPS) is 14.6. The number of nitrogens with one attached hydrogen (secondary N) is 1. The number of alkyl halides is 5. The van der Waals surface area contributed by atoms with Crippen molar-refractivity contribution in [3.63, 3.8) is 0 Å². The first-order valence-corrected chi connectivity index (χ1v) is 13.1. The first-order chi connectivity index (χ1) is 18.8. The molecule has 4 heterocycles. The van der Waals surface area contributed by atoms with E-state index < -0.39 is 58.2 Å². The Hall–Kier alpha value is -3.70. The zero-order valence-electron chi connectivity index (χ0n) is 19.8. The Morgan fingerprint density at radius 2 is 1.88 bits per heavy atom. The molecule has 5 rings (SSSR count). The topological polar surface area (TPSA) is 114 Å². The van der Waals surface area contributed by atoms with Gasteiger partial charge in [-0.1, -0.05) is 17.7 Å². The van der Waals surface area contributed by atoms with E-state index in [-0.39, 0.29) is 50.8 Å². The summed E-state index contributed by atoms with van der Waals surface area (Å²) in [6.07, 6.45) is -1.79. The molecular formula is C22H16ClF6N7O3S. The van der Waals surface area contributed by atoms with Crippen LogP contribution in [-0.4, -0.2) is 54.8 Å². The standard InChI is InChI=1S/C22H16ClF6N7O3S/c23-12-2-4-15-31-17(19(25)26)18(35(15)9-12)21(37)30-8-11-1-3-13(14(24)7-11)20-32-16-10-34(5-6-36(16)33-20)40(38,39)22(27,28)29/h1-4,7,9,19H,5-6,8,10H2,(H,30,37). The highest BCUT2D eigenvalue weighted by molar-refractivity contribution is 7.89. The summed E-state index contributed by atoms with van der Waals surface area (Å²) in [5.74, 6) is -2.04. The number of pyridine rings is 1. The van der Waals surface area contributed by atoms with E-state index in [9.17, 15) is 39.6 Å². The van der Waals surface area contributed by atoms with Crippen LogP contribution in [0, 0.1) is 5.82 Å². The summed E-state index contributed by atoms with van der Waals surface area (Å²) in [7, 11) is -5.57. The predicted molar refractivity (Wildman–Crippen MR) is 127 cm³/mol. The van der Waals surface area contributed by atoms with Crippen LogP contribution in [0.5, 0.6) is 0 Å². The number of hydrogen-bond donors (Lipinski definition) is 1. The monoisotopic (exact) mass is 607 g/mol. The molecule has 0 radical (unpaired) electrons. The second-order valence-corrected chi connectivity index (χ2v) is 10.9. The van der Waals surface area contributed by atoms with Gasteiger partial charge in [0.15, 0.2) is 5.82 Å². The van der Waals surface area contributed by atoms with E-state index in [2.05, 4.69) is 20.4 Å². The lowest BCUT2D eigenvalue weighted by Crippen LogP contribution is -2.44. The molecule has 1 amide bonds. The highest BCUT2D eigenvalue weighted by Crippen LogP contribution is 2.30. The second kappa shape index (κ2) is 10.0. The molecule has 1 aliphatic rings. The molecule has 0 bridgehead atoms. The van der Waals surface area contributed by atoms with Gasteiger partial charge in [0, 0.05) is 19.3 Å². The van der Waals surface area contributed by atoms with Crippen LogP contribution in [0.2, 0.25) is 5.02 Å². The maximum atomic E-state index is 15.0. The molecule has 3 aromatic heterocycles. The average Bonchev–Trinajstić information content (AvgIpc) is 3.47. The molecule has 0 unspecified atom stereocenters. The lowest BCUT2D eigenvalue weighted by molar-refractivity contribution is -0.0496. The van der Waals surface area contributed by atoms with Crippen molar-refractivity contribution in [3.05, 3.63) is 70.1 Å². The van der Waals surface area contributed by atoms with Gasteiger partial charge in [-0.3, -0.25) is 9.20 Å². The van der Waals surface area contributed by atoms with Gasteiger partial charge in [0.25, 0.3) is 12.3 Å². The van der Waals surface area contributed by atoms with Gasteiger partial charge in [-0.15, -0.1) is 0 Å². The van der Waals surface area contributed by atoms with Crippen LogP contribution in [-0.2, 0) is 29.7 Å². The molecule has 18 heteroatoms. The summed E-state index contributed by atoms with van der Waals surface area (Å²) in [4.78, 5) is 20.6. The van der Waals surface area contributed by atoms with E-state index in [1.807, 2.05) is 0 Å². The number of halogens is 7. The van der Waals surface area contributed by atoms with Gasteiger partial charge in [0.2, 0.25) is 0 Å². The Balaban J connectivity index is 1.33. The molecule has 0 fully saturated rings. The van der Waals surface area contributed by atoms with Gasteiger partial charge in [-0.05, 0) is 29.8 Å². The Labute approximate surface area is 226 Å². The molecule has 1 aromatic carbocycles. The van der Waals surface area contributed by atoms with Crippen molar-refractivity contribution in [2.75, 3.05) is 6.54 Å². The van der Waals surface area contributed by atoms with E-state index >= 15 is 0 Å². The molecule has 1 aliphatic heterocycles. The predicted octanol–water partition coefficient (Wildman–Crippen LogP) is 3.92. The third kappa shape index (κ3) is 4.99. The molecule has 0 aliphatic carbocycles. The summed E-state index contributed by atoms with van der Waals surface area (Å²) in [5.41, 5.74) is -6.47. The molecule has 0 saturated heterocycles. The van der Waals surface area contributed by atoms with Crippen LogP contribution in [0.25, 0.3) is 17.0 Å². The summed E-state index contributed by atoms with van der Waals surface area (Å²) >= 11 is 5.92. The summed E-state index contributed by atoms with van der Waals surface area (Å²) < 4.78 is 107. The SMILES string of the molecule is O=C(NCc1ccc(-c2nc3n(n2)CCN(S(=O)(=O)C(F)(F)F)C3)c(F)c1)c1c(C(F)F)nc2ccc(Cl)cn12. The van der Waals surface area contributed by atoms with Gasteiger partial charge >= 0.3 is 15.5 Å². The fourth-order valence-electron chi connectivity index (χ4n) is 4.11. The van der Waals surface area contributed by atoms with Gasteiger partial charge in [0.1, 0.15) is 28.7 Å². The average molecular weight is 608 g/mol. The van der Waals surface area contributed by atoms with E-state index in [1.165, 1.54) is 35.1 Å². The van der Waals surface area contributed by atoms with Gasteiger partial charge in [-0.25, -0.2) is 36.2 Å². The van der Waals surface area contributed by atoms with Crippen molar-refractivity contribution in [3.8, 4) is 11.4 Å². The maximum absolute atomic E-state index is 15.0. The van der Waals surface area contributed by atoms with Crippen molar-refractivity contribution in [1.82, 2.24) is 33.8 Å². The third-order valence-electron chi connectivity index (χ3n) is 6.02. The van der Waals surface area contributed by atoms with Gasteiger partial charge in [-0.2, -0.15) is 22.6 Å². The van der Waals surface area contributed by atoms with Crippen LogP contribution in [0.1, 0.15) is 34.0 Å². The number of imidazole rings is 1. The number of hydrogen-bond acceptors (Lipinski definition) is 6. The minimum atomic E-state index is -5.57.